The third kappa shape index (κ3) is 5.25. The van der Waals surface area contributed by atoms with E-state index >= 15 is 0 Å². The highest BCUT2D eigenvalue weighted by Gasteiger charge is 2.39. The van der Waals surface area contributed by atoms with Crippen LogP contribution in [0.25, 0.3) is 88.7 Å². The van der Waals surface area contributed by atoms with Crippen molar-refractivity contribution in [2.75, 3.05) is 0 Å². The normalized spacial score (nSPS) is 15.4. The van der Waals surface area contributed by atoms with Crippen molar-refractivity contribution < 1.29 is 0 Å². The smallest absolute Gasteiger partial charge is 0.0159 e. The van der Waals surface area contributed by atoms with E-state index < -0.39 is 0 Å². The predicted molar refractivity (Wildman–Crippen MR) is 258 cm³/mol. The van der Waals surface area contributed by atoms with Gasteiger partial charge in [-0.3, -0.25) is 0 Å². The lowest BCUT2D eigenvalue weighted by Crippen LogP contribution is -2.16. The molecular formula is C61H48. The molecule has 0 radical (unpaired) electrons. The largest absolute Gasteiger partial charge is 0.0619 e. The molecule has 0 saturated carbocycles. The van der Waals surface area contributed by atoms with Gasteiger partial charge in [-0.25, -0.2) is 0 Å². The molecule has 0 fully saturated rings. The molecule has 0 bridgehead atoms. The standard InChI is InChI=1S/C61H48/c1-59(2)53-14-10-9-13-47(53)48-27-22-43(33-54(48)59)44-23-29-51-52-30-25-46(36-58(52)61(5,6)57(51)34-44)45-24-28-50-49-26-21-42(32-55(49)60(3,4)56(50)35-45)39-17-15-38(16-18-39)41-20-19-37-11-7-8-12-40(37)31-41/h7-36H,1-6H3. The summed E-state index contributed by atoms with van der Waals surface area (Å²) in [7, 11) is 0. The summed E-state index contributed by atoms with van der Waals surface area (Å²) in [5.41, 5.74) is 26.5. The zero-order valence-corrected chi connectivity index (χ0v) is 35.8. The van der Waals surface area contributed by atoms with Crippen LogP contribution in [0.3, 0.4) is 0 Å². The first-order valence-corrected chi connectivity index (χ1v) is 21.9. The Morgan fingerprint density at radius 2 is 0.492 bits per heavy atom. The van der Waals surface area contributed by atoms with Crippen LogP contribution in [0.1, 0.15) is 74.9 Å². The minimum Gasteiger partial charge on any atom is -0.0619 e. The average Bonchev–Trinajstić information content (AvgIpc) is 3.77. The molecule has 0 unspecified atom stereocenters. The highest BCUT2D eigenvalue weighted by Crippen LogP contribution is 2.54. The summed E-state index contributed by atoms with van der Waals surface area (Å²) in [5.74, 6) is 0. The molecule has 12 rings (SSSR count). The third-order valence-electron chi connectivity index (χ3n) is 14.9. The number of fused-ring (bicyclic) bond motifs is 10. The van der Waals surface area contributed by atoms with E-state index in [-0.39, 0.29) is 16.2 Å². The lowest BCUT2D eigenvalue weighted by molar-refractivity contribution is 0.659. The van der Waals surface area contributed by atoms with Crippen molar-refractivity contribution >= 4 is 10.8 Å². The van der Waals surface area contributed by atoms with Crippen molar-refractivity contribution in [2.45, 2.75) is 57.8 Å². The summed E-state index contributed by atoms with van der Waals surface area (Å²) < 4.78 is 0. The van der Waals surface area contributed by atoms with Gasteiger partial charge in [0.25, 0.3) is 0 Å². The molecule has 0 atom stereocenters. The Labute approximate surface area is 360 Å². The van der Waals surface area contributed by atoms with E-state index in [4.69, 9.17) is 0 Å². The van der Waals surface area contributed by atoms with Crippen LogP contribution in [0.4, 0.5) is 0 Å². The number of benzene rings is 9. The van der Waals surface area contributed by atoms with Crippen LogP contribution in [-0.4, -0.2) is 0 Å². The molecule has 0 aromatic heterocycles. The highest BCUT2D eigenvalue weighted by molar-refractivity contribution is 5.91. The van der Waals surface area contributed by atoms with Gasteiger partial charge in [-0.2, -0.15) is 0 Å². The van der Waals surface area contributed by atoms with Gasteiger partial charge in [-0.1, -0.05) is 187 Å². The Morgan fingerprint density at radius 3 is 0.918 bits per heavy atom. The van der Waals surface area contributed by atoms with Crippen LogP contribution >= 0.6 is 0 Å². The van der Waals surface area contributed by atoms with Crippen molar-refractivity contribution in [2.24, 2.45) is 0 Å². The maximum absolute atomic E-state index is 2.47. The fourth-order valence-electron chi connectivity index (χ4n) is 11.3. The Morgan fingerprint density at radius 1 is 0.213 bits per heavy atom. The molecule has 3 aliphatic rings. The SMILES string of the molecule is CC1(C)c2ccccc2-c2ccc(-c3ccc4c(c3)C(C)(C)c3cc(-c5ccc6c(c5)C(C)(C)c5cc(-c7ccc(-c8ccc9ccccc9c8)cc7)ccc5-6)ccc3-4)cc21. The molecular weight excluding hydrogens is 733 g/mol. The zero-order valence-electron chi connectivity index (χ0n) is 35.8. The first-order valence-electron chi connectivity index (χ1n) is 21.9. The van der Waals surface area contributed by atoms with Gasteiger partial charge in [-0.05, 0) is 158 Å². The molecule has 0 saturated heterocycles. The molecule has 0 N–H and O–H groups in total. The van der Waals surface area contributed by atoms with Crippen LogP contribution in [0.5, 0.6) is 0 Å². The summed E-state index contributed by atoms with van der Waals surface area (Å²) in [5, 5.41) is 2.55. The van der Waals surface area contributed by atoms with Crippen molar-refractivity contribution in [3.05, 3.63) is 215 Å². The van der Waals surface area contributed by atoms with E-state index in [9.17, 15) is 0 Å². The van der Waals surface area contributed by atoms with Crippen molar-refractivity contribution in [3.63, 3.8) is 0 Å². The lowest BCUT2D eigenvalue weighted by atomic mass is 9.79. The van der Waals surface area contributed by atoms with Gasteiger partial charge >= 0.3 is 0 Å². The van der Waals surface area contributed by atoms with Gasteiger partial charge in [0.15, 0.2) is 0 Å². The van der Waals surface area contributed by atoms with Crippen molar-refractivity contribution in [1.29, 1.82) is 0 Å². The molecule has 3 aliphatic carbocycles. The van der Waals surface area contributed by atoms with Gasteiger partial charge in [-0.15, -0.1) is 0 Å². The Balaban J connectivity index is 0.836. The Kier molecular flexibility index (Phi) is 7.48. The topological polar surface area (TPSA) is 0 Å². The molecule has 9 aromatic rings. The maximum atomic E-state index is 2.47. The second-order valence-corrected chi connectivity index (χ2v) is 19.4. The van der Waals surface area contributed by atoms with Gasteiger partial charge < -0.3 is 0 Å². The quantitative estimate of drug-likeness (QED) is 0.167. The molecule has 0 amide bonds. The van der Waals surface area contributed by atoms with Gasteiger partial charge in [0, 0.05) is 16.2 Å². The van der Waals surface area contributed by atoms with E-state index in [1.54, 1.807) is 0 Å². The minimum absolute atomic E-state index is 0.0180. The number of hydrogen-bond donors (Lipinski definition) is 0. The fraction of sp³-hybridized carbons (Fsp3) is 0.148. The second kappa shape index (κ2) is 12.6. The van der Waals surface area contributed by atoms with E-state index in [0.717, 1.165) is 0 Å². The van der Waals surface area contributed by atoms with Crippen LogP contribution in [0.2, 0.25) is 0 Å². The maximum Gasteiger partial charge on any atom is 0.0159 e. The molecule has 0 heteroatoms. The van der Waals surface area contributed by atoms with E-state index in [1.807, 2.05) is 0 Å². The Bertz CT molecular complexity index is 3310. The Hall–Kier alpha value is -6.76. The number of hydrogen-bond acceptors (Lipinski definition) is 0. The average molecular weight is 781 g/mol. The first-order chi connectivity index (χ1) is 29.5. The second-order valence-electron chi connectivity index (χ2n) is 19.4. The highest BCUT2D eigenvalue weighted by atomic mass is 14.4. The van der Waals surface area contributed by atoms with Gasteiger partial charge in [0.2, 0.25) is 0 Å². The minimum atomic E-state index is -0.126. The van der Waals surface area contributed by atoms with Crippen LogP contribution in [0, 0.1) is 0 Å². The number of rotatable bonds is 4. The van der Waals surface area contributed by atoms with E-state index in [1.165, 1.54) is 122 Å². The summed E-state index contributed by atoms with van der Waals surface area (Å²) >= 11 is 0. The molecule has 0 aliphatic heterocycles. The summed E-state index contributed by atoms with van der Waals surface area (Å²) in [6, 6.07) is 69.1. The zero-order chi connectivity index (χ0) is 41.4. The van der Waals surface area contributed by atoms with Gasteiger partial charge in [0.05, 0.1) is 0 Å². The molecule has 0 nitrogen and oxygen atoms in total. The van der Waals surface area contributed by atoms with E-state index in [2.05, 4.69) is 224 Å². The molecule has 0 spiro atoms. The summed E-state index contributed by atoms with van der Waals surface area (Å²) in [6.07, 6.45) is 0. The predicted octanol–water partition coefficient (Wildman–Crippen LogP) is 16.4. The summed E-state index contributed by atoms with van der Waals surface area (Å²) in [6.45, 7) is 14.3. The first kappa shape index (κ1) is 36.1. The van der Waals surface area contributed by atoms with Crippen LogP contribution in [0.15, 0.2) is 182 Å². The van der Waals surface area contributed by atoms with Crippen molar-refractivity contribution in [3.8, 4) is 77.9 Å². The molecule has 0 heterocycles. The van der Waals surface area contributed by atoms with Gasteiger partial charge in [0.1, 0.15) is 0 Å². The lowest BCUT2D eigenvalue weighted by Gasteiger charge is -2.24. The third-order valence-corrected chi connectivity index (χ3v) is 14.9. The fourth-order valence-corrected chi connectivity index (χ4v) is 11.3. The molecule has 292 valence electrons. The van der Waals surface area contributed by atoms with E-state index in [0.29, 0.717) is 0 Å². The van der Waals surface area contributed by atoms with Crippen molar-refractivity contribution in [1.82, 2.24) is 0 Å². The molecule has 9 aromatic carbocycles. The van der Waals surface area contributed by atoms with Crippen LogP contribution in [-0.2, 0) is 16.2 Å². The monoisotopic (exact) mass is 780 g/mol. The summed E-state index contributed by atoms with van der Waals surface area (Å²) in [4.78, 5) is 0. The van der Waals surface area contributed by atoms with Crippen LogP contribution < -0.4 is 0 Å². The molecule has 61 heavy (non-hydrogen) atoms.